The number of methoxy groups -OCH3 is 1. The van der Waals surface area contributed by atoms with E-state index in [4.69, 9.17) is 20.8 Å². The fourth-order valence-corrected chi connectivity index (χ4v) is 2.58. The summed E-state index contributed by atoms with van der Waals surface area (Å²) >= 11 is 7.48. The maximum absolute atomic E-state index is 11.7. The number of carbonyl (C=O) groups is 1. The Morgan fingerprint density at radius 2 is 2.18 bits per heavy atom. The lowest BCUT2D eigenvalue weighted by Gasteiger charge is -2.01. The summed E-state index contributed by atoms with van der Waals surface area (Å²) in [5.41, 5.74) is 1.09. The summed E-state index contributed by atoms with van der Waals surface area (Å²) < 4.78 is 10.7. The molecule has 0 N–H and O–H groups in total. The van der Waals surface area contributed by atoms with Gasteiger partial charge in [-0.2, -0.15) is 0 Å². The average Bonchev–Trinajstić information content (AvgIpc) is 2.67. The first kappa shape index (κ1) is 12.3. The van der Waals surface area contributed by atoms with Crippen LogP contribution in [0.15, 0.2) is 21.6 Å². The van der Waals surface area contributed by atoms with Crippen molar-refractivity contribution in [2.75, 3.05) is 13.4 Å². The highest BCUT2D eigenvalue weighted by Crippen LogP contribution is 2.38. The Balaban J connectivity index is 2.84. The predicted octanol–water partition coefficient (Wildman–Crippen LogP) is 4.02. The average molecular weight is 271 g/mol. The molecule has 5 heteroatoms. The van der Waals surface area contributed by atoms with Crippen LogP contribution in [0.4, 0.5) is 0 Å². The number of ketones is 1. The van der Waals surface area contributed by atoms with Crippen molar-refractivity contribution >= 4 is 40.1 Å². The lowest BCUT2D eigenvalue weighted by Crippen LogP contribution is -1.92. The second-order valence-electron chi connectivity index (χ2n) is 3.51. The number of halogens is 1. The molecule has 0 bridgehead atoms. The van der Waals surface area contributed by atoms with E-state index < -0.39 is 0 Å². The molecule has 90 valence electrons. The largest absolute Gasteiger partial charge is 0.497 e. The molecule has 2 rings (SSSR count). The number of fused-ring (bicyclic) bond motifs is 1. The molecule has 0 amide bonds. The van der Waals surface area contributed by atoms with Gasteiger partial charge in [0.1, 0.15) is 5.75 Å². The first-order chi connectivity index (χ1) is 8.08. The Hall–Kier alpha value is -1.13. The zero-order valence-electron chi connectivity index (χ0n) is 9.67. The van der Waals surface area contributed by atoms with Crippen LogP contribution in [-0.4, -0.2) is 19.1 Å². The number of hydrogen-bond donors (Lipinski definition) is 0. The van der Waals surface area contributed by atoms with Crippen LogP contribution in [0, 0.1) is 0 Å². The third-order valence-corrected chi connectivity index (χ3v) is 3.40. The van der Waals surface area contributed by atoms with Crippen LogP contribution in [0.5, 0.6) is 5.75 Å². The van der Waals surface area contributed by atoms with Crippen molar-refractivity contribution in [3.63, 3.8) is 0 Å². The lowest BCUT2D eigenvalue weighted by atomic mass is 10.1. The first-order valence-corrected chi connectivity index (χ1v) is 6.53. The monoisotopic (exact) mass is 270 g/mol. The van der Waals surface area contributed by atoms with Crippen LogP contribution in [-0.2, 0) is 0 Å². The zero-order valence-corrected chi connectivity index (χ0v) is 11.2. The Morgan fingerprint density at radius 1 is 1.47 bits per heavy atom. The summed E-state index contributed by atoms with van der Waals surface area (Å²) in [6, 6.07) is 3.43. The summed E-state index contributed by atoms with van der Waals surface area (Å²) in [5.74, 6) is 0.566. The highest BCUT2D eigenvalue weighted by molar-refractivity contribution is 7.98. The van der Waals surface area contributed by atoms with E-state index in [9.17, 15) is 4.79 Å². The van der Waals surface area contributed by atoms with Crippen LogP contribution < -0.4 is 4.74 Å². The molecule has 3 nitrogen and oxygen atoms in total. The molecule has 0 spiro atoms. The van der Waals surface area contributed by atoms with Gasteiger partial charge in [0, 0.05) is 11.5 Å². The van der Waals surface area contributed by atoms with Crippen molar-refractivity contribution in [1.29, 1.82) is 0 Å². The number of ether oxygens (including phenoxy) is 1. The van der Waals surface area contributed by atoms with Gasteiger partial charge in [-0.25, -0.2) is 0 Å². The van der Waals surface area contributed by atoms with Gasteiger partial charge in [0.25, 0.3) is 0 Å². The summed E-state index contributed by atoms with van der Waals surface area (Å²) in [7, 11) is 1.56. The van der Waals surface area contributed by atoms with Gasteiger partial charge in [0.2, 0.25) is 0 Å². The van der Waals surface area contributed by atoms with Gasteiger partial charge < -0.3 is 9.15 Å². The number of benzene rings is 1. The number of hydrogen-bond acceptors (Lipinski definition) is 4. The number of thioether (sulfide) groups is 1. The van der Waals surface area contributed by atoms with E-state index in [0.717, 1.165) is 0 Å². The molecule has 2 aromatic rings. The van der Waals surface area contributed by atoms with Gasteiger partial charge in [-0.1, -0.05) is 23.4 Å². The highest BCUT2D eigenvalue weighted by atomic mass is 35.5. The predicted molar refractivity (Wildman–Crippen MR) is 69.6 cm³/mol. The van der Waals surface area contributed by atoms with Crippen molar-refractivity contribution < 1.29 is 13.9 Å². The van der Waals surface area contributed by atoms with E-state index in [0.29, 0.717) is 32.4 Å². The van der Waals surface area contributed by atoms with Crippen molar-refractivity contribution in [3.8, 4) is 5.75 Å². The number of furan rings is 1. The molecule has 0 radical (unpaired) electrons. The molecule has 0 aliphatic rings. The fourth-order valence-electron chi connectivity index (χ4n) is 1.71. The second-order valence-corrected chi connectivity index (χ2v) is 4.70. The summed E-state index contributed by atoms with van der Waals surface area (Å²) in [6.45, 7) is 1.51. The van der Waals surface area contributed by atoms with E-state index in [1.807, 2.05) is 6.26 Å². The number of carbonyl (C=O) groups excluding carboxylic acids is 1. The van der Waals surface area contributed by atoms with Crippen LogP contribution in [0.1, 0.15) is 17.3 Å². The minimum absolute atomic E-state index is 0.0441. The number of Topliss-reactive ketones (excluding diaryl/α,β-unsaturated/α-hetero) is 1. The maximum atomic E-state index is 11.7. The van der Waals surface area contributed by atoms with Gasteiger partial charge in [-0.05, 0) is 19.2 Å². The molecule has 17 heavy (non-hydrogen) atoms. The van der Waals surface area contributed by atoms with Crippen LogP contribution in [0.2, 0.25) is 5.02 Å². The quantitative estimate of drug-likeness (QED) is 0.624. The smallest absolute Gasteiger partial charge is 0.172 e. The topological polar surface area (TPSA) is 39.4 Å². The zero-order chi connectivity index (χ0) is 12.6. The maximum Gasteiger partial charge on any atom is 0.172 e. The molecule has 1 heterocycles. The van der Waals surface area contributed by atoms with E-state index >= 15 is 0 Å². The third kappa shape index (κ3) is 2.03. The fraction of sp³-hybridized carbons (Fsp3) is 0.250. The Labute approximate surface area is 108 Å². The lowest BCUT2D eigenvalue weighted by molar-refractivity contribution is 0.101. The Kier molecular flexibility index (Phi) is 3.35. The Morgan fingerprint density at radius 3 is 2.71 bits per heavy atom. The molecule has 0 atom stereocenters. The minimum Gasteiger partial charge on any atom is -0.497 e. The van der Waals surface area contributed by atoms with Crippen molar-refractivity contribution in [2.45, 2.75) is 12.0 Å². The van der Waals surface area contributed by atoms with Crippen molar-refractivity contribution in [2.24, 2.45) is 0 Å². The molecular formula is C12H11ClO3S. The van der Waals surface area contributed by atoms with Gasteiger partial charge in [-0.3, -0.25) is 4.79 Å². The molecule has 0 unspecified atom stereocenters. The number of rotatable bonds is 3. The van der Waals surface area contributed by atoms with Gasteiger partial charge >= 0.3 is 0 Å². The molecule has 0 fully saturated rings. The first-order valence-electron chi connectivity index (χ1n) is 4.93. The molecule has 1 aromatic carbocycles. The van der Waals surface area contributed by atoms with Crippen molar-refractivity contribution in [1.82, 2.24) is 0 Å². The summed E-state index contributed by atoms with van der Waals surface area (Å²) in [4.78, 5) is 11.7. The molecule has 1 aromatic heterocycles. The molecule has 0 saturated heterocycles. The van der Waals surface area contributed by atoms with E-state index in [1.54, 1.807) is 19.2 Å². The normalized spacial score (nSPS) is 10.8. The molecule has 0 aliphatic heterocycles. The molecule has 0 saturated carbocycles. The van der Waals surface area contributed by atoms with Crippen LogP contribution >= 0.6 is 23.4 Å². The summed E-state index contributed by atoms with van der Waals surface area (Å²) in [5, 5.41) is 1.73. The van der Waals surface area contributed by atoms with E-state index in [-0.39, 0.29) is 5.78 Å². The highest BCUT2D eigenvalue weighted by Gasteiger charge is 2.20. The van der Waals surface area contributed by atoms with Gasteiger partial charge in [0.15, 0.2) is 16.5 Å². The third-order valence-electron chi connectivity index (χ3n) is 2.46. The summed E-state index contributed by atoms with van der Waals surface area (Å²) in [6.07, 6.45) is 1.86. The van der Waals surface area contributed by atoms with Gasteiger partial charge in [-0.15, -0.1) is 0 Å². The van der Waals surface area contributed by atoms with E-state index in [1.165, 1.54) is 18.7 Å². The minimum atomic E-state index is -0.0441. The van der Waals surface area contributed by atoms with Crippen molar-refractivity contribution in [3.05, 3.63) is 22.7 Å². The standard InChI is InChI=1S/C12H11ClO3S/c1-6(14)10-8-4-7(15-2)5-9(13)11(8)16-12(10)17-3/h4-5H,1-3H3. The van der Waals surface area contributed by atoms with E-state index in [2.05, 4.69) is 0 Å². The van der Waals surface area contributed by atoms with Crippen LogP contribution in [0.3, 0.4) is 0 Å². The van der Waals surface area contributed by atoms with Gasteiger partial charge in [0.05, 0.1) is 17.7 Å². The SMILES string of the molecule is COc1cc(Cl)c2oc(SC)c(C(C)=O)c2c1. The van der Waals surface area contributed by atoms with Crippen LogP contribution in [0.25, 0.3) is 11.0 Å². The molecule has 0 aliphatic carbocycles. The second kappa shape index (κ2) is 4.63. The Bertz CT molecular complexity index is 589. The molecular weight excluding hydrogens is 260 g/mol.